The maximum Gasteiger partial charge on any atom is 0.273 e. The van der Waals surface area contributed by atoms with Crippen molar-refractivity contribution in [2.75, 3.05) is 7.05 Å². The Bertz CT molecular complexity index is 828. The van der Waals surface area contributed by atoms with Gasteiger partial charge in [0.1, 0.15) is 23.1 Å². The predicted molar refractivity (Wildman–Crippen MR) is 99.9 cm³/mol. The largest absolute Gasteiger partial charge is 0.486 e. The Labute approximate surface area is 151 Å². The molecule has 0 N–H and O–H groups in total. The standard InChI is InChI=1S/C20H20N2O2S/c1-15-8-10-17(11-9-15)24-13-19-21-18(14-25-19)20(23)22(2)12-16-6-4-3-5-7-16/h3-11,14H,12-13H2,1-2H3. The fourth-order valence-electron chi connectivity index (χ4n) is 2.38. The van der Waals surface area contributed by atoms with Gasteiger partial charge in [-0.3, -0.25) is 4.79 Å². The zero-order valence-electron chi connectivity index (χ0n) is 14.3. The first kappa shape index (κ1) is 17.2. The van der Waals surface area contributed by atoms with Crippen LogP contribution in [0, 0.1) is 6.92 Å². The summed E-state index contributed by atoms with van der Waals surface area (Å²) < 4.78 is 5.72. The summed E-state index contributed by atoms with van der Waals surface area (Å²) in [5.74, 6) is 0.719. The van der Waals surface area contributed by atoms with Gasteiger partial charge in [0.2, 0.25) is 0 Å². The van der Waals surface area contributed by atoms with Gasteiger partial charge in [-0.2, -0.15) is 0 Å². The molecule has 5 heteroatoms. The Hall–Kier alpha value is -2.66. The third-order valence-electron chi connectivity index (χ3n) is 3.76. The molecule has 1 heterocycles. The van der Waals surface area contributed by atoms with E-state index in [0.29, 0.717) is 18.8 Å². The van der Waals surface area contributed by atoms with Gasteiger partial charge in [-0.25, -0.2) is 4.98 Å². The molecule has 0 bridgehead atoms. The molecule has 2 aromatic carbocycles. The Balaban J connectivity index is 1.58. The molecule has 25 heavy (non-hydrogen) atoms. The number of benzene rings is 2. The number of hydrogen-bond acceptors (Lipinski definition) is 4. The Morgan fingerprint density at radius 3 is 2.56 bits per heavy atom. The molecule has 0 aliphatic heterocycles. The van der Waals surface area contributed by atoms with E-state index in [1.54, 1.807) is 17.3 Å². The molecule has 0 saturated heterocycles. The van der Waals surface area contributed by atoms with Crippen LogP contribution in [0.5, 0.6) is 5.75 Å². The van der Waals surface area contributed by atoms with Crippen LogP contribution < -0.4 is 4.74 Å². The lowest BCUT2D eigenvalue weighted by atomic mass is 10.2. The maximum atomic E-state index is 12.5. The first-order valence-electron chi connectivity index (χ1n) is 8.05. The lowest BCUT2D eigenvalue weighted by Gasteiger charge is -2.15. The van der Waals surface area contributed by atoms with Gasteiger partial charge in [0.15, 0.2) is 0 Å². The SMILES string of the molecule is Cc1ccc(OCc2nc(C(=O)N(C)Cc3ccccc3)cs2)cc1. The van der Waals surface area contributed by atoms with Crippen LogP contribution in [0.25, 0.3) is 0 Å². The number of nitrogens with zero attached hydrogens (tertiary/aromatic N) is 2. The fourth-order valence-corrected chi connectivity index (χ4v) is 3.06. The zero-order valence-corrected chi connectivity index (χ0v) is 15.1. The lowest BCUT2D eigenvalue weighted by Crippen LogP contribution is -2.26. The monoisotopic (exact) mass is 352 g/mol. The molecule has 0 radical (unpaired) electrons. The van der Waals surface area contributed by atoms with Crippen LogP contribution in [0.2, 0.25) is 0 Å². The van der Waals surface area contributed by atoms with Crippen molar-refractivity contribution >= 4 is 17.2 Å². The highest BCUT2D eigenvalue weighted by Crippen LogP contribution is 2.17. The number of rotatable bonds is 6. The zero-order chi connectivity index (χ0) is 17.6. The summed E-state index contributed by atoms with van der Waals surface area (Å²) in [6.07, 6.45) is 0. The second kappa shape index (κ2) is 7.94. The lowest BCUT2D eigenvalue weighted by molar-refractivity contribution is 0.0779. The number of carbonyl (C=O) groups excluding carboxylic acids is 1. The van der Waals surface area contributed by atoms with Crippen LogP contribution in [0.15, 0.2) is 60.0 Å². The predicted octanol–water partition coefficient (Wildman–Crippen LogP) is 4.30. The van der Waals surface area contributed by atoms with E-state index in [-0.39, 0.29) is 5.91 Å². The topological polar surface area (TPSA) is 42.4 Å². The molecule has 0 atom stereocenters. The van der Waals surface area contributed by atoms with Crippen LogP contribution in [0.1, 0.15) is 26.6 Å². The molecule has 0 spiro atoms. The number of aromatic nitrogens is 1. The second-order valence-corrected chi connectivity index (χ2v) is 6.82. The summed E-state index contributed by atoms with van der Waals surface area (Å²) in [6, 6.07) is 17.8. The number of hydrogen-bond donors (Lipinski definition) is 0. The second-order valence-electron chi connectivity index (χ2n) is 5.88. The van der Waals surface area contributed by atoms with Crippen molar-refractivity contribution in [3.05, 3.63) is 81.8 Å². The first-order valence-corrected chi connectivity index (χ1v) is 8.93. The molecule has 0 unspecified atom stereocenters. The summed E-state index contributed by atoms with van der Waals surface area (Å²) >= 11 is 1.44. The quantitative estimate of drug-likeness (QED) is 0.664. The minimum Gasteiger partial charge on any atom is -0.486 e. The van der Waals surface area contributed by atoms with E-state index in [2.05, 4.69) is 4.98 Å². The van der Waals surface area contributed by atoms with E-state index in [9.17, 15) is 4.79 Å². The normalized spacial score (nSPS) is 10.5. The summed E-state index contributed by atoms with van der Waals surface area (Å²) in [5, 5.41) is 2.58. The molecule has 0 fully saturated rings. The number of aryl methyl sites for hydroxylation is 1. The maximum absolute atomic E-state index is 12.5. The third kappa shape index (κ3) is 4.67. The summed E-state index contributed by atoms with van der Waals surface area (Å²) in [7, 11) is 1.79. The minimum absolute atomic E-state index is 0.0818. The summed E-state index contributed by atoms with van der Waals surface area (Å²) in [4.78, 5) is 18.6. The van der Waals surface area contributed by atoms with E-state index in [0.717, 1.165) is 16.3 Å². The van der Waals surface area contributed by atoms with E-state index < -0.39 is 0 Å². The van der Waals surface area contributed by atoms with Crippen LogP contribution in [0.3, 0.4) is 0 Å². The van der Waals surface area contributed by atoms with Crippen LogP contribution in [-0.4, -0.2) is 22.8 Å². The van der Waals surface area contributed by atoms with Crippen molar-refractivity contribution in [1.82, 2.24) is 9.88 Å². The van der Waals surface area contributed by atoms with Crippen molar-refractivity contribution in [3.63, 3.8) is 0 Å². The fraction of sp³-hybridized carbons (Fsp3) is 0.200. The molecule has 0 aliphatic carbocycles. The average Bonchev–Trinajstić information content (AvgIpc) is 3.10. The molecule has 128 valence electrons. The molecule has 1 aromatic heterocycles. The number of amides is 1. The van der Waals surface area contributed by atoms with Gasteiger partial charge in [-0.1, -0.05) is 48.0 Å². The molecular formula is C20H20N2O2S. The summed E-state index contributed by atoms with van der Waals surface area (Å²) in [5.41, 5.74) is 2.75. The highest BCUT2D eigenvalue weighted by atomic mass is 32.1. The van der Waals surface area contributed by atoms with Gasteiger partial charge < -0.3 is 9.64 Å². The van der Waals surface area contributed by atoms with Crippen molar-refractivity contribution in [3.8, 4) is 5.75 Å². The molecule has 0 aliphatic rings. The minimum atomic E-state index is -0.0818. The van der Waals surface area contributed by atoms with Crippen LogP contribution >= 0.6 is 11.3 Å². The highest BCUT2D eigenvalue weighted by Gasteiger charge is 2.16. The number of ether oxygens (including phenoxy) is 1. The van der Waals surface area contributed by atoms with Gasteiger partial charge in [-0.15, -0.1) is 11.3 Å². The van der Waals surface area contributed by atoms with Gasteiger partial charge in [0, 0.05) is 19.0 Å². The van der Waals surface area contributed by atoms with E-state index in [4.69, 9.17) is 4.74 Å². The van der Waals surface area contributed by atoms with Crippen LogP contribution in [-0.2, 0) is 13.2 Å². The molecular weight excluding hydrogens is 332 g/mol. The van der Waals surface area contributed by atoms with Crippen molar-refractivity contribution < 1.29 is 9.53 Å². The molecule has 3 rings (SSSR count). The molecule has 4 nitrogen and oxygen atoms in total. The van der Waals surface area contributed by atoms with E-state index >= 15 is 0 Å². The van der Waals surface area contributed by atoms with E-state index in [1.165, 1.54) is 16.9 Å². The summed E-state index contributed by atoms with van der Waals surface area (Å²) in [6.45, 7) is 2.96. The highest BCUT2D eigenvalue weighted by molar-refractivity contribution is 7.09. The van der Waals surface area contributed by atoms with Crippen LogP contribution in [0.4, 0.5) is 0 Å². The number of carbonyl (C=O) groups is 1. The first-order chi connectivity index (χ1) is 12.1. The van der Waals surface area contributed by atoms with E-state index in [1.807, 2.05) is 61.5 Å². The third-order valence-corrected chi connectivity index (χ3v) is 4.59. The van der Waals surface area contributed by atoms with Crippen molar-refractivity contribution in [2.45, 2.75) is 20.1 Å². The van der Waals surface area contributed by atoms with Gasteiger partial charge >= 0.3 is 0 Å². The van der Waals surface area contributed by atoms with Crippen molar-refractivity contribution in [1.29, 1.82) is 0 Å². The van der Waals surface area contributed by atoms with Gasteiger partial charge in [-0.05, 0) is 24.6 Å². The smallest absolute Gasteiger partial charge is 0.273 e. The Morgan fingerprint density at radius 2 is 1.84 bits per heavy atom. The Kier molecular flexibility index (Phi) is 5.46. The number of thiazole rings is 1. The van der Waals surface area contributed by atoms with Gasteiger partial charge in [0.05, 0.1) is 0 Å². The molecule has 1 amide bonds. The molecule has 0 saturated carbocycles. The van der Waals surface area contributed by atoms with Gasteiger partial charge in [0.25, 0.3) is 5.91 Å². The Morgan fingerprint density at radius 1 is 1.12 bits per heavy atom. The van der Waals surface area contributed by atoms with Crippen molar-refractivity contribution in [2.24, 2.45) is 0 Å². The average molecular weight is 352 g/mol. The molecule has 3 aromatic rings.